The molecule has 1 aliphatic carbocycles. The molecule has 4 heterocycles. The van der Waals surface area contributed by atoms with Gasteiger partial charge in [0.25, 0.3) is 5.56 Å². The molecule has 3 aromatic heterocycles. The summed E-state index contributed by atoms with van der Waals surface area (Å²) in [4.78, 5) is 38.1. The number of aromatic nitrogens is 3. The van der Waals surface area contributed by atoms with Crippen LogP contribution in [-0.2, 0) is 11.3 Å². The summed E-state index contributed by atoms with van der Waals surface area (Å²) in [5.74, 6) is -4.13. The lowest BCUT2D eigenvalue weighted by molar-refractivity contribution is -0.145. The van der Waals surface area contributed by atoms with E-state index < -0.39 is 23.4 Å². The van der Waals surface area contributed by atoms with Gasteiger partial charge in [0.05, 0.1) is 45.5 Å². The Balaban J connectivity index is 1.15. The fourth-order valence-corrected chi connectivity index (χ4v) is 7.48. The van der Waals surface area contributed by atoms with Gasteiger partial charge in [-0.3, -0.25) is 14.2 Å². The number of benzene rings is 1. The quantitative estimate of drug-likeness (QED) is 0.358. The number of carbonyl (C=O) groups excluding carboxylic acids is 1. The maximum Gasteiger partial charge on any atom is 0.262 e. The number of piperidine rings is 1. The lowest BCUT2D eigenvalue weighted by Crippen LogP contribution is -2.52. The van der Waals surface area contributed by atoms with Gasteiger partial charge in [0.2, 0.25) is 11.8 Å². The van der Waals surface area contributed by atoms with Crippen molar-refractivity contribution >= 4 is 39.5 Å². The largest absolute Gasteiger partial charge is 0.388 e. The van der Waals surface area contributed by atoms with Crippen LogP contribution in [-0.4, -0.2) is 55.1 Å². The molecule has 2 fully saturated rings. The first-order chi connectivity index (χ1) is 18.7. The fourth-order valence-electron chi connectivity index (χ4n) is 5.87. The third kappa shape index (κ3) is 5.15. The van der Waals surface area contributed by atoms with Crippen molar-refractivity contribution in [2.24, 2.45) is 5.92 Å². The van der Waals surface area contributed by atoms with E-state index in [0.717, 1.165) is 10.4 Å². The predicted octanol–water partition coefficient (Wildman–Crippen LogP) is 5.15. The Morgan fingerprint density at radius 1 is 1.10 bits per heavy atom. The van der Waals surface area contributed by atoms with Gasteiger partial charge in [0.15, 0.2) is 0 Å². The zero-order valence-corrected chi connectivity index (χ0v) is 22.8. The third-order valence-electron chi connectivity index (χ3n) is 8.06. The van der Waals surface area contributed by atoms with Crippen LogP contribution >= 0.6 is 22.7 Å². The first kappa shape index (κ1) is 26.2. The summed E-state index contributed by atoms with van der Waals surface area (Å²) in [5, 5.41) is 15.4. The minimum absolute atomic E-state index is 0.0738. The molecule has 0 bridgehead atoms. The van der Waals surface area contributed by atoms with Gasteiger partial charge in [-0.2, -0.15) is 0 Å². The highest BCUT2D eigenvalue weighted by atomic mass is 32.1. The van der Waals surface area contributed by atoms with Crippen molar-refractivity contribution in [1.82, 2.24) is 19.4 Å². The van der Waals surface area contributed by atoms with Crippen LogP contribution in [0.5, 0.6) is 0 Å². The number of rotatable bonds is 5. The number of nitrogens with zero attached hydrogens (tertiary/aromatic N) is 4. The first-order valence-electron chi connectivity index (χ1n) is 13.0. The zero-order valence-electron chi connectivity index (χ0n) is 21.1. The van der Waals surface area contributed by atoms with Gasteiger partial charge < -0.3 is 10.0 Å². The molecule has 6 rings (SSSR count). The number of likely N-dealkylation sites (tertiary alicyclic amines) is 1. The number of amides is 1. The Hall–Kier alpha value is -3.02. The lowest BCUT2D eigenvalue weighted by Gasteiger charge is -2.42. The standard InChI is InChI=1S/C28H28F2N4O3S2/c29-28(30)7-6-19(20(12-28)22-14-38-17-32-22)25(35)33-10-8-27(37,9-11-33)15-34-16-31-23-21(26(34)36)13-39-24(23)18-4-2-1-3-5-18/h1-5,13-14,16-17,19-20,37H,6-12,15H2. The number of thiazole rings is 1. The normalized spacial score (nSPS) is 22.7. The molecule has 1 amide bonds. The van der Waals surface area contributed by atoms with Gasteiger partial charge in [-0.05, 0) is 24.8 Å². The Bertz CT molecular complexity index is 1530. The minimum Gasteiger partial charge on any atom is -0.388 e. The molecule has 7 nitrogen and oxygen atoms in total. The second-order valence-electron chi connectivity index (χ2n) is 10.6. The maximum absolute atomic E-state index is 14.2. The molecule has 204 valence electrons. The first-order valence-corrected chi connectivity index (χ1v) is 14.8. The number of carbonyl (C=O) groups is 1. The number of hydrogen-bond donors (Lipinski definition) is 1. The Kier molecular flexibility index (Phi) is 6.84. The summed E-state index contributed by atoms with van der Waals surface area (Å²) >= 11 is 2.81. The van der Waals surface area contributed by atoms with E-state index in [4.69, 9.17) is 0 Å². The average molecular weight is 571 g/mol. The molecular weight excluding hydrogens is 542 g/mol. The van der Waals surface area contributed by atoms with E-state index in [0.29, 0.717) is 29.7 Å². The summed E-state index contributed by atoms with van der Waals surface area (Å²) in [5.41, 5.74) is 2.42. The molecule has 2 unspecified atom stereocenters. The summed E-state index contributed by atoms with van der Waals surface area (Å²) in [6, 6.07) is 9.78. The van der Waals surface area contributed by atoms with Gasteiger partial charge in [0, 0.05) is 48.5 Å². The van der Waals surface area contributed by atoms with Crippen LogP contribution < -0.4 is 5.56 Å². The summed E-state index contributed by atoms with van der Waals surface area (Å²) < 4.78 is 29.9. The van der Waals surface area contributed by atoms with Crippen molar-refractivity contribution in [3.05, 3.63) is 69.0 Å². The number of thiophene rings is 1. The highest BCUT2D eigenvalue weighted by molar-refractivity contribution is 7.15. The number of halogens is 2. The van der Waals surface area contributed by atoms with Gasteiger partial charge in [-0.15, -0.1) is 22.7 Å². The van der Waals surface area contributed by atoms with Crippen LogP contribution in [0.15, 0.2) is 57.7 Å². The van der Waals surface area contributed by atoms with Crippen LogP contribution in [0.3, 0.4) is 0 Å². The lowest BCUT2D eigenvalue weighted by atomic mass is 9.75. The molecule has 1 N–H and O–H groups in total. The molecule has 1 aromatic carbocycles. The predicted molar refractivity (Wildman–Crippen MR) is 147 cm³/mol. The highest BCUT2D eigenvalue weighted by Gasteiger charge is 2.47. The molecule has 2 atom stereocenters. The van der Waals surface area contributed by atoms with E-state index in [1.807, 2.05) is 30.3 Å². The molecule has 4 aromatic rings. The fraction of sp³-hybridized carbons (Fsp3) is 0.429. The van der Waals surface area contributed by atoms with E-state index in [1.54, 1.807) is 21.2 Å². The molecular formula is C28H28F2N4O3S2. The number of alkyl halides is 2. The van der Waals surface area contributed by atoms with Crippen molar-refractivity contribution in [3.63, 3.8) is 0 Å². The molecule has 1 saturated heterocycles. The van der Waals surface area contributed by atoms with Gasteiger partial charge >= 0.3 is 0 Å². The molecule has 39 heavy (non-hydrogen) atoms. The van der Waals surface area contributed by atoms with Crippen molar-refractivity contribution in [1.29, 1.82) is 0 Å². The molecule has 0 spiro atoms. The van der Waals surface area contributed by atoms with Crippen molar-refractivity contribution < 1.29 is 18.7 Å². The van der Waals surface area contributed by atoms with Crippen LogP contribution in [0.25, 0.3) is 21.3 Å². The van der Waals surface area contributed by atoms with Crippen molar-refractivity contribution in [2.45, 2.75) is 56.1 Å². The molecule has 1 saturated carbocycles. The topological polar surface area (TPSA) is 88.3 Å². The Labute approximate surface area is 231 Å². The summed E-state index contributed by atoms with van der Waals surface area (Å²) in [7, 11) is 0. The number of aliphatic hydroxyl groups is 1. The summed E-state index contributed by atoms with van der Waals surface area (Å²) in [6.07, 6.45) is 1.48. The van der Waals surface area contributed by atoms with Crippen LogP contribution in [0, 0.1) is 5.92 Å². The number of fused-ring (bicyclic) bond motifs is 1. The van der Waals surface area contributed by atoms with E-state index in [2.05, 4.69) is 9.97 Å². The Morgan fingerprint density at radius 2 is 1.87 bits per heavy atom. The van der Waals surface area contributed by atoms with E-state index >= 15 is 0 Å². The van der Waals surface area contributed by atoms with E-state index in [-0.39, 0.29) is 50.1 Å². The van der Waals surface area contributed by atoms with E-state index in [1.165, 1.54) is 33.6 Å². The van der Waals surface area contributed by atoms with E-state index in [9.17, 15) is 23.5 Å². The average Bonchev–Trinajstić information content (AvgIpc) is 3.61. The monoisotopic (exact) mass is 570 g/mol. The summed E-state index contributed by atoms with van der Waals surface area (Å²) in [6.45, 7) is 0.671. The van der Waals surface area contributed by atoms with Gasteiger partial charge in [0.1, 0.15) is 0 Å². The van der Waals surface area contributed by atoms with Crippen LogP contribution in [0.2, 0.25) is 0 Å². The van der Waals surface area contributed by atoms with Crippen LogP contribution in [0.4, 0.5) is 8.78 Å². The second-order valence-corrected chi connectivity index (χ2v) is 12.2. The highest BCUT2D eigenvalue weighted by Crippen LogP contribution is 2.46. The smallest absolute Gasteiger partial charge is 0.262 e. The SMILES string of the molecule is O=C(C1CCC(F)(F)CC1c1cscn1)N1CCC(O)(Cn2cnc3c(-c4ccccc4)scc3c2=O)CC1. The maximum atomic E-state index is 14.2. The minimum atomic E-state index is -2.81. The van der Waals surface area contributed by atoms with Gasteiger partial charge in [-0.25, -0.2) is 18.7 Å². The van der Waals surface area contributed by atoms with Crippen LogP contribution in [0.1, 0.15) is 43.7 Å². The third-order valence-corrected chi connectivity index (χ3v) is 9.69. The van der Waals surface area contributed by atoms with Crippen molar-refractivity contribution in [3.8, 4) is 10.4 Å². The molecule has 0 radical (unpaired) electrons. The van der Waals surface area contributed by atoms with Gasteiger partial charge in [-0.1, -0.05) is 30.3 Å². The number of hydrogen-bond acceptors (Lipinski definition) is 7. The molecule has 11 heteroatoms. The molecule has 2 aliphatic rings. The zero-order chi connectivity index (χ0) is 27.2. The Morgan fingerprint density at radius 3 is 2.59 bits per heavy atom. The van der Waals surface area contributed by atoms with Crippen molar-refractivity contribution in [2.75, 3.05) is 13.1 Å². The second kappa shape index (κ2) is 10.2. The molecule has 1 aliphatic heterocycles.